The van der Waals surface area contributed by atoms with Gasteiger partial charge in [-0.3, -0.25) is 19.2 Å². The summed E-state index contributed by atoms with van der Waals surface area (Å²) in [5.74, 6) is -1.28. The van der Waals surface area contributed by atoms with Gasteiger partial charge in [-0.05, 0) is 63.1 Å². The molecular formula is C28H30FN7O3. The summed E-state index contributed by atoms with van der Waals surface area (Å²) in [4.78, 5) is 35.3. The number of likely N-dealkylation sites (tertiary alicyclic amines) is 1. The Bertz CT molecular complexity index is 1520. The lowest BCUT2D eigenvalue weighted by Gasteiger charge is -2.20. The third-order valence-electron chi connectivity index (χ3n) is 7.46. The average Bonchev–Trinajstić information content (AvgIpc) is 3.73. The fourth-order valence-corrected chi connectivity index (χ4v) is 5.21. The van der Waals surface area contributed by atoms with Crippen molar-refractivity contribution in [1.29, 1.82) is 0 Å². The van der Waals surface area contributed by atoms with Gasteiger partial charge in [0.1, 0.15) is 11.5 Å². The normalized spacial score (nSPS) is 19.5. The van der Waals surface area contributed by atoms with Gasteiger partial charge in [0.2, 0.25) is 5.91 Å². The first-order chi connectivity index (χ1) is 18.9. The zero-order valence-corrected chi connectivity index (χ0v) is 21.6. The summed E-state index contributed by atoms with van der Waals surface area (Å²) in [6.45, 7) is 4.66. The second kappa shape index (κ2) is 10.6. The molecule has 2 atom stereocenters. The first kappa shape index (κ1) is 25.2. The molecule has 39 heavy (non-hydrogen) atoms. The van der Waals surface area contributed by atoms with Crippen LogP contribution in [0.25, 0.3) is 22.3 Å². The first-order valence-corrected chi connectivity index (χ1v) is 13.2. The number of aromatic nitrogens is 4. The van der Waals surface area contributed by atoms with Crippen molar-refractivity contribution in [2.24, 2.45) is 0 Å². The Balaban J connectivity index is 1.14. The number of fused-ring (bicyclic) bond motifs is 1. The van der Waals surface area contributed by atoms with E-state index in [0.29, 0.717) is 24.0 Å². The van der Waals surface area contributed by atoms with Crippen LogP contribution in [0.3, 0.4) is 0 Å². The molecule has 2 fully saturated rings. The summed E-state index contributed by atoms with van der Waals surface area (Å²) in [6.07, 6.45) is 8.28. The number of hydrogen-bond acceptors (Lipinski definition) is 6. The lowest BCUT2D eigenvalue weighted by atomic mass is 10.2. The quantitative estimate of drug-likeness (QED) is 0.329. The van der Waals surface area contributed by atoms with Crippen molar-refractivity contribution in [1.82, 2.24) is 24.6 Å². The van der Waals surface area contributed by atoms with E-state index < -0.39 is 11.7 Å². The van der Waals surface area contributed by atoms with E-state index in [4.69, 9.17) is 4.74 Å². The third-order valence-corrected chi connectivity index (χ3v) is 7.46. The fraction of sp³-hybridized carbons (Fsp3) is 0.357. The van der Waals surface area contributed by atoms with Crippen molar-refractivity contribution in [3.63, 3.8) is 0 Å². The molecule has 11 heteroatoms. The van der Waals surface area contributed by atoms with Crippen LogP contribution in [0.2, 0.25) is 0 Å². The SMILES string of the molecule is C[C@H]1CCCN1CC(=O)Nc1ccc(F)c(NC(=O)c2cnc3[nH]c(-c4cnn(C5CCOC5)c4)cc3c2)c1. The van der Waals surface area contributed by atoms with Gasteiger partial charge >= 0.3 is 0 Å². The first-order valence-electron chi connectivity index (χ1n) is 13.2. The maximum atomic E-state index is 14.5. The van der Waals surface area contributed by atoms with E-state index in [-0.39, 0.29) is 29.7 Å². The number of ether oxygens (including phenoxy) is 1. The predicted molar refractivity (Wildman–Crippen MR) is 145 cm³/mol. The number of H-pyrrole nitrogens is 1. The number of nitrogens with zero attached hydrogens (tertiary/aromatic N) is 4. The van der Waals surface area contributed by atoms with Crippen LogP contribution in [0.4, 0.5) is 15.8 Å². The molecule has 202 valence electrons. The van der Waals surface area contributed by atoms with Gasteiger partial charge in [0.25, 0.3) is 5.91 Å². The summed E-state index contributed by atoms with van der Waals surface area (Å²) >= 11 is 0. The van der Waals surface area contributed by atoms with Gasteiger partial charge in [0.15, 0.2) is 0 Å². The molecule has 3 N–H and O–H groups in total. The number of carbonyl (C=O) groups excluding carboxylic acids is 2. The van der Waals surface area contributed by atoms with Crippen LogP contribution in [-0.4, -0.2) is 68.8 Å². The van der Waals surface area contributed by atoms with E-state index in [1.54, 1.807) is 12.3 Å². The molecule has 2 aliphatic rings. The lowest BCUT2D eigenvalue weighted by Crippen LogP contribution is -2.35. The minimum Gasteiger partial charge on any atom is -0.379 e. The largest absolute Gasteiger partial charge is 0.379 e. The van der Waals surface area contributed by atoms with Crippen LogP contribution in [0, 0.1) is 5.82 Å². The van der Waals surface area contributed by atoms with Crippen LogP contribution in [0.5, 0.6) is 0 Å². The molecule has 0 saturated carbocycles. The van der Waals surface area contributed by atoms with Crippen LogP contribution < -0.4 is 10.6 Å². The molecule has 2 aliphatic heterocycles. The molecule has 5 heterocycles. The third kappa shape index (κ3) is 5.41. The molecule has 3 aromatic heterocycles. The summed E-state index contributed by atoms with van der Waals surface area (Å²) in [7, 11) is 0. The van der Waals surface area contributed by atoms with Crippen LogP contribution >= 0.6 is 0 Å². The van der Waals surface area contributed by atoms with Crippen molar-refractivity contribution in [3.05, 3.63) is 60.3 Å². The molecule has 0 radical (unpaired) electrons. The molecule has 4 aromatic rings. The highest BCUT2D eigenvalue weighted by atomic mass is 19.1. The second-order valence-electron chi connectivity index (χ2n) is 10.2. The Morgan fingerprint density at radius 2 is 2.08 bits per heavy atom. The van der Waals surface area contributed by atoms with Crippen LogP contribution in [-0.2, 0) is 9.53 Å². The van der Waals surface area contributed by atoms with Gasteiger partial charge in [-0.1, -0.05) is 0 Å². The van der Waals surface area contributed by atoms with Crippen molar-refractivity contribution in [3.8, 4) is 11.3 Å². The molecule has 2 amide bonds. The van der Waals surface area contributed by atoms with E-state index in [9.17, 15) is 14.0 Å². The van der Waals surface area contributed by atoms with Gasteiger partial charge in [-0.25, -0.2) is 9.37 Å². The number of rotatable bonds is 7. The van der Waals surface area contributed by atoms with Crippen LogP contribution in [0.1, 0.15) is 42.6 Å². The molecule has 0 aliphatic carbocycles. The smallest absolute Gasteiger partial charge is 0.257 e. The van der Waals surface area contributed by atoms with Gasteiger partial charge in [0.05, 0.1) is 42.3 Å². The summed E-state index contributed by atoms with van der Waals surface area (Å²) < 4.78 is 21.9. The Morgan fingerprint density at radius 1 is 1.18 bits per heavy atom. The average molecular weight is 532 g/mol. The zero-order valence-electron chi connectivity index (χ0n) is 21.6. The van der Waals surface area contributed by atoms with E-state index in [1.165, 1.54) is 24.4 Å². The number of nitrogens with one attached hydrogen (secondary N) is 3. The molecule has 0 spiro atoms. The maximum Gasteiger partial charge on any atom is 0.257 e. The van der Waals surface area contributed by atoms with E-state index in [0.717, 1.165) is 49.1 Å². The molecular weight excluding hydrogens is 501 g/mol. The van der Waals surface area contributed by atoms with Gasteiger partial charge in [-0.15, -0.1) is 0 Å². The highest BCUT2D eigenvalue weighted by Crippen LogP contribution is 2.27. The van der Waals surface area contributed by atoms with E-state index in [2.05, 4.69) is 37.5 Å². The standard InChI is InChI=1S/C28H30FN7O3/c1-17-3-2-7-35(17)15-26(37)32-21-4-5-23(29)25(11-21)34-28(38)19-9-18-10-24(33-27(18)30-12-19)20-13-31-36(14-20)22-6-8-39-16-22/h4-5,9-14,17,22H,2-3,6-8,15-16H2,1H3,(H,30,33)(H,32,37)(H,34,38)/t17-,22?/m0/s1. The number of halogens is 1. The van der Waals surface area contributed by atoms with Gasteiger partial charge in [-0.2, -0.15) is 5.10 Å². The zero-order chi connectivity index (χ0) is 26.9. The molecule has 0 bridgehead atoms. The minimum atomic E-state index is -0.600. The van der Waals surface area contributed by atoms with E-state index in [1.807, 2.05) is 16.9 Å². The van der Waals surface area contributed by atoms with Crippen molar-refractivity contribution in [2.75, 3.05) is 36.9 Å². The van der Waals surface area contributed by atoms with Gasteiger partial charge < -0.3 is 20.4 Å². The van der Waals surface area contributed by atoms with Crippen molar-refractivity contribution < 1.29 is 18.7 Å². The summed E-state index contributed by atoms with van der Waals surface area (Å²) in [6, 6.07) is 8.33. The number of amides is 2. The maximum absolute atomic E-state index is 14.5. The van der Waals surface area contributed by atoms with Crippen molar-refractivity contribution >= 4 is 34.2 Å². The number of pyridine rings is 1. The molecule has 6 rings (SSSR count). The molecule has 1 aromatic carbocycles. The highest BCUT2D eigenvalue weighted by molar-refractivity contribution is 6.06. The Kier molecular flexibility index (Phi) is 6.84. The van der Waals surface area contributed by atoms with Crippen molar-refractivity contribution in [2.45, 2.75) is 38.3 Å². The Morgan fingerprint density at radius 3 is 2.87 bits per heavy atom. The second-order valence-corrected chi connectivity index (χ2v) is 10.2. The number of benzene rings is 1. The molecule has 1 unspecified atom stereocenters. The van der Waals surface area contributed by atoms with Gasteiger partial charge in [0, 0.05) is 41.7 Å². The number of aromatic amines is 1. The van der Waals surface area contributed by atoms with E-state index >= 15 is 0 Å². The number of hydrogen-bond donors (Lipinski definition) is 3. The molecule has 10 nitrogen and oxygen atoms in total. The predicted octanol–water partition coefficient (Wildman–Crippen LogP) is 4.20. The summed E-state index contributed by atoms with van der Waals surface area (Å²) in [5, 5.41) is 10.6. The topological polar surface area (TPSA) is 117 Å². The fourth-order valence-electron chi connectivity index (χ4n) is 5.21. The number of carbonyl (C=O) groups is 2. The number of anilines is 2. The molecule has 2 saturated heterocycles. The van der Waals surface area contributed by atoms with Crippen LogP contribution in [0.15, 0.2) is 48.9 Å². The lowest BCUT2D eigenvalue weighted by molar-refractivity contribution is -0.117. The Labute approximate surface area is 224 Å². The Hall–Kier alpha value is -4.09. The monoisotopic (exact) mass is 531 g/mol. The summed E-state index contributed by atoms with van der Waals surface area (Å²) in [5.41, 5.74) is 3.04. The minimum absolute atomic E-state index is 0.0227. The highest BCUT2D eigenvalue weighted by Gasteiger charge is 2.23.